The highest BCUT2D eigenvalue weighted by Crippen LogP contribution is 2.36. The van der Waals surface area contributed by atoms with Crippen LogP contribution in [0.1, 0.15) is 19.3 Å². The zero-order valence-electron chi connectivity index (χ0n) is 14.4. The van der Waals surface area contributed by atoms with Gasteiger partial charge in [-0.25, -0.2) is 0 Å². The minimum Gasteiger partial charge on any atom is -0.494 e. The van der Waals surface area contributed by atoms with Gasteiger partial charge in [-0.2, -0.15) is 0 Å². The summed E-state index contributed by atoms with van der Waals surface area (Å²) in [5.41, 5.74) is 0.817. The number of para-hydroxylation sites is 2. The van der Waals surface area contributed by atoms with Gasteiger partial charge in [-0.3, -0.25) is 9.59 Å². The first-order valence-corrected chi connectivity index (χ1v) is 9.61. The second-order valence-corrected chi connectivity index (χ2v) is 7.26. The fourth-order valence-electron chi connectivity index (χ4n) is 2.63. The third kappa shape index (κ3) is 5.26. The molecule has 0 radical (unpaired) electrons. The summed E-state index contributed by atoms with van der Waals surface area (Å²) in [6.45, 7) is 1.21. The topological polar surface area (TPSA) is 67.4 Å². The van der Waals surface area contributed by atoms with E-state index in [1.807, 2.05) is 54.6 Å². The molecule has 0 aliphatic carbocycles. The number of ether oxygens (including phenoxy) is 1. The van der Waals surface area contributed by atoms with Gasteiger partial charge in [0.2, 0.25) is 11.8 Å². The first-order chi connectivity index (χ1) is 12.7. The molecule has 6 heteroatoms. The lowest BCUT2D eigenvalue weighted by Gasteiger charge is -2.23. The summed E-state index contributed by atoms with van der Waals surface area (Å²) in [7, 11) is 0. The van der Waals surface area contributed by atoms with Crippen LogP contribution in [0.2, 0.25) is 0 Å². The summed E-state index contributed by atoms with van der Waals surface area (Å²) in [5, 5.41) is 5.36. The molecule has 1 aliphatic heterocycles. The number of hydrogen-bond acceptors (Lipinski definition) is 4. The van der Waals surface area contributed by atoms with Gasteiger partial charge in [-0.15, -0.1) is 11.8 Å². The van der Waals surface area contributed by atoms with Gasteiger partial charge in [0.1, 0.15) is 5.75 Å². The smallest absolute Gasteiger partial charge is 0.238 e. The third-order valence-corrected chi connectivity index (χ3v) is 5.26. The molecule has 2 aromatic rings. The summed E-state index contributed by atoms with van der Waals surface area (Å²) in [6, 6.07) is 17.3. The highest BCUT2D eigenvalue weighted by molar-refractivity contribution is 8.01. The molecule has 3 rings (SSSR count). The molecule has 2 N–H and O–H groups in total. The molecule has 136 valence electrons. The van der Waals surface area contributed by atoms with Crippen LogP contribution in [-0.2, 0) is 9.59 Å². The minimum absolute atomic E-state index is 0.0963. The largest absolute Gasteiger partial charge is 0.494 e. The fraction of sp³-hybridized carbons (Fsp3) is 0.300. The number of anilines is 1. The van der Waals surface area contributed by atoms with E-state index in [2.05, 4.69) is 10.6 Å². The molecule has 2 aromatic carbocycles. The van der Waals surface area contributed by atoms with Gasteiger partial charge < -0.3 is 15.4 Å². The minimum atomic E-state index is -0.383. The van der Waals surface area contributed by atoms with Gasteiger partial charge in [-0.05, 0) is 37.1 Å². The molecular weight excluding hydrogens is 348 g/mol. The van der Waals surface area contributed by atoms with Crippen molar-refractivity contribution in [2.75, 3.05) is 18.5 Å². The van der Waals surface area contributed by atoms with Crippen LogP contribution in [0, 0.1) is 0 Å². The molecule has 5 nitrogen and oxygen atoms in total. The first-order valence-electron chi connectivity index (χ1n) is 8.73. The Balaban J connectivity index is 1.32. The van der Waals surface area contributed by atoms with Gasteiger partial charge in [0.25, 0.3) is 0 Å². The van der Waals surface area contributed by atoms with E-state index in [1.165, 1.54) is 11.8 Å². The van der Waals surface area contributed by atoms with Crippen molar-refractivity contribution in [3.05, 3.63) is 54.6 Å². The van der Waals surface area contributed by atoms with Crippen LogP contribution in [0.5, 0.6) is 5.75 Å². The van der Waals surface area contributed by atoms with Crippen LogP contribution in [0.25, 0.3) is 0 Å². The number of carbonyl (C=O) groups excluding carboxylic acids is 2. The van der Waals surface area contributed by atoms with Crippen molar-refractivity contribution in [1.29, 1.82) is 0 Å². The van der Waals surface area contributed by atoms with E-state index in [9.17, 15) is 9.59 Å². The van der Waals surface area contributed by atoms with E-state index in [4.69, 9.17) is 4.74 Å². The Hall–Kier alpha value is -2.47. The SMILES string of the molecule is O=C(CC1Sc2ccccc2NC1=O)NCCCCOc1ccccc1. The zero-order valence-corrected chi connectivity index (χ0v) is 15.3. The molecule has 0 spiro atoms. The number of rotatable bonds is 8. The van der Waals surface area contributed by atoms with Crippen molar-refractivity contribution < 1.29 is 14.3 Å². The molecule has 1 aliphatic rings. The number of hydrogen-bond donors (Lipinski definition) is 2. The van der Waals surface area contributed by atoms with Crippen molar-refractivity contribution >= 4 is 29.3 Å². The summed E-state index contributed by atoms with van der Waals surface area (Å²) in [4.78, 5) is 25.2. The second kappa shape index (κ2) is 9.29. The lowest BCUT2D eigenvalue weighted by atomic mass is 10.2. The lowest BCUT2D eigenvalue weighted by molar-refractivity contribution is -0.124. The molecule has 26 heavy (non-hydrogen) atoms. The van der Waals surface area contributed by atoms with Crippen LogP contribution in [0.4, 0.5) is 5.69 Å². The molecule has 2 amide bonds. The Kier molecular flexibility index (Phi) is 6.55. The van der Waals surface area contributed by atoms with Crippen molar-refractivity contribution in [2.45, 2.75) is 29.4 Å². The number of nitrogens with one attached hydrogen (secondary N) is 2. The maximum absolute atomic E-state index is 12.1. The Labute approximate surface area is 157 Å². The van der Waals surface area contributed by atoms with Crippen molar-refractivity contribution in [2.24, 2.45) is 0 Å². The van der Waals surface area contributed by atoms with Crippen LogP contribution in [-0.4, -0.2) is 30.2 Å². The van der Waals surface area contributed by atoms with E-state index in [0.717, 1.165) is 29.2 Å². The maximum atomic E-state index is 12.1. The highest BCUT2D eigenvalue weighted by atomic mass is 32.2. The van der Waals surface area contributed by atoms with Crippen molar-refractivity contribution in [3.8, 4) is 5.75 Å². The fourth-order valence-corrected chi connectivity index (χ4v) is 3.74. The van der Waals surface area contributed by atoms with Crippen LogP contribution < -0.4 is 15.4 Å². The first kappa shape index (κ1) is 18.3. The Morgan fingerprint density at radius 3 is 2.69 bits per heavy atom. The van der Waals surface area contributed by atoms with E-state index >= 15 is 0 Å². The van der Waals surface area contributed by atoms with Crippen molar-refractivity contribution in [3.63, 3.8) is 0 Å². The monoisotopic (exact) mass is 370 g/mol. The average Bonchev–Trinajstić information content (AvgIpc) is 2.66. The van der Waals surface area contributed by atoms with Crippen LogP contribution >= 0.6 is 11.8 Å². The number of amides is 2. The van der Waals surface area contributed by atoms with E-state index < -0.39 is 0 Å². The molecule has 1 unspecified atom stereocenters. The van der Waals surface area contributed by atoms with Gasteiger partial charge in [0, 0.05) is 17.9 Å². The molecule has 0 aromatic heterocycles. The molecule has 1 atom stereocenters. The summed E-state index contributed by atoms with van der Waals surface area (Å²) in [6.07, 6.45) is 1.89. The number of thioether (sulfide) groups is 1. The number of carbonyl (C=O) groups is 2. The predicted molar refractivity (Wildman–Crippen MR) is 104 cm³/mol. The van der Waals surface area contributed by atoms with Crippen LogP contribution in [0.3, 0.4) is 0 Å². The number of benzene rings is 2. The summed E-state index contributed by atoms with van der Waals surface area (Å²) >= 11 is 1.45. The highest BCUT2D eigenvalue weighted by Gasteiger charge is 2.28. The Morgan fingerprint density at radius 1 is 1.08 bits per heavy atom. The normalized spacial score (nSPS) is 15.7. The summed E-state index contributed by atoms with van der Waals surface area (Å²) in [5.74, 6) is 0.651. The van der Waals surface area contributed by atoms with E-state index in [1.54, 1.807) is 0 Å². The molecule has 0 saturated heterocycles. The average molecular weight is 370 g/mol. The standard InChI is InChI=1S/C20H22N2O3S/c23-19(21-12-6-7-13-25-15-8-2-1-3-9-15)14-18-20(24)22-16-10-4-5-11-17(16)26-18/h1-5,8-11,18H,6-7,12-14H2,(H,21,23)(H,22,24). The molecule has 0 bridgehead atoms. The zero-order chi connectivity index (χ0) is 18.2. The van der Waals surface area contributed by atoms with Gasteiger partial charge in [-0.1, -0.05) is 30.3 Å². The van der Waals surface area contributed by atoms with Crippen LogP contribution in [0.15, 0.2) is 59.5 Å². The Morgan fingerprint density at radius 2 is 1.85 bits per heavy atom. The van der Waals surface area contributed by atoms with Crippen molar-refractivity contribution in [1.82, 2.24) is 5.32 Å². The van der Waals surface area contributed by atoms with E-state index in [-0.39, 0.29) is 23.5 Å². The number of unbranched alkanes of at least 4 members (excludes halogenated alkanes) is 1. The molecule has 1 heterocycles. The second-order valence-electron chi connectivity index (χ2n) is 6.01. The number of fused-ring (bicyclic) bond motifs is 1. The van der Waals surface area contributed by atoms with Gasteiger partial charge >= 0.3 is 0 Å². The van der Waals surface area contributed by atoms with Gasteiger partial charge in [0.15, 0.2) is 0 Å². The third-order valence-electron chi connectivity index (χ3n) is 3.98. The molecule has 0 saturated carbocycles. The molecule has 0 fully saturated rings. The molecular formula is C20H22N2O3S. The summed E-state index contributed by atoms with van der Waals surface area (Å²) < 4.78 is 5.61. The van der Waals surface area contributed by atoms with E-state index in [0.29, 0.717) is 13.2 Å². The predicted octanol–water partition coefficient (Wildman–Crippen LogP) is 3.46. The maximum Gasteiger partial charge on any atom is 0.238 e. The quantitative estimate of drug-likeness (QED) is 0.698. The Bertz CT molecular complexity index is 752. The van der Waals surface area contributed by atoms with Gasteiger partial charge in [0.05, 0.1) is 17.5 Å². The lowest BCUT2D eigenvalue weighted by Crippen LogP contribution is -2.35.